The van der Waals surface area contributed by atoms with Crippen LogP contribution in [0.3, 0.4) is 0 Å². The fourth-order valence-corrected chi connectivity index (χ4v) is 1.73. The first-order chi connectivity index (χ1) is 8.20. The van der Waals surface area contributed by atoms with Crippen molar-refractivity contribution in [2.75, 3.05) is 0 Å². The standard InChI is InChI=1S/C11H11ClFN3O/c12-8-2-1-3-9(13)7(8)4-5-10-15-16-11(6-14)17-10/h1-3H,4-6,14H2. The van der Waals surface area contributed by atoms with Crippen LogP contribution in [0.4, 0.5) is 4.39 Å². The van der Waals surface area contributed by atoms with Gasteiger partial charge in [0.25, 0.3) is 0 Å². The minimum absolute atomic E-state index is 0.202. The van der Waals surface area contributed by atoms with Gasteiger partial charge in [-0.1, -0.05) is 17.7 Å². The summed E-state index contributed by atoms with van der Waals surface area (Å²) in [5.74, 6) is 0.487. The summed E-state index contributed by atoms with van der Waals surface area (Å²) in [5, 5.41) is 7.93. The van der Waals surface area contributed by atoms with Gasteiger partial charge in [0.15, 0.2) is 0 Å². The third-order valence-electron chi connectivity index (χ3n) is 2.33. The molecule has 6 heteroatoms. The second-order valence-electron chi connectivity index (χ2n) is 3.49. The van der Waals surface area contributed by atoms with Crippen LogP contribution in [0.15, 0.2) is 22.6 Å². The lowest BCUT2D eigenvalue weighted by Gasteiger charge is -2.03. The molecule has 17 heavy (non-hydrogen) atoms. The Kier molecular flexibility index (Phi) is 3.71. The largest absolute Gasteiger partial charge is 0.424 e. The number of nitrogens with zero attached hydrogens (tertiary/aromatic N) is 2. The van der Waals surface area contributed by atoms with E-state index >= 15 is 0 Å². The predicted octanol–water partition coefficient (Wildman–Crippen LogP) is 2.11. The summed E-state index contributed by atoms with van der Waals surface area (Å²) in [6, 6.07) is 4.60. The number of aryl methyl sites for hydroxylation is 1. The smallest absolute Gasteiger partial charge is 0.230 e. The Hall–Kier alpha value is -1.46. The summed E-state index contributed by atoms with van der Waals surface area (Å²) in [7, 11) is 0. The van der Waals surface area contributed by atoms with E-state index in [-0.39, 0.29) is 12.4 Å². The van der Waals surface area contributed by atoms with Gasteiger partial charge >= 0.3 is 0 Å². The SMILES string of the molecule is NCc1nnc(CCc2c(F)cccc2Cl)o1. The zero-order valence-corrected chi connectivity index (χ0v) is 9.75. The minimum atomic E-state index is -0.323. The van der Waals surface area contributed by atoms with E-state index in [4.69, 9.17) is 21.8 Å². The maximum atomic E-state index is 13.5. The zero-order chi connectivity index (χ0) is 12.3. The molecule has 2 rings (SSSR count). The summed E-state index contributed by atoms with van der Waals surface area (Å²) in [6.07, 6.45) is 0.853. The molecule has 0 unspecified atom stereocenters. The Labute approximate surface area is 103 Å². The first-order valence-corrected chi connectivity index (χ1v) is 5.52. The summed E-state index contributed by atoms with van der Waals surface area (Å²) in [5.41, 5.74) is 5.80. The molecule has 0 radical (unpaired) electrons. The maximum Gasteiger partial charge on any atom is 0.230 e. The van der Waals surface area contributed by atoms with Gasteiger partial charge in [-0.3, -0.25) is 0 Å². The molecular formula is C11H11ClFN3O. The van der Waals surface area contributed by atoms with Crippen LogP contribution < -0.4 is 5.73 Å². The van der Waals surface area contributed by atoms with E-state index < -0.39 is 0 Å². The monoisotopic (exact) mass is 255 g/mol. The Bertz CT molecular complexity index is 495. The molecule has 2 N–H and O–H groups in total. The highest BCUT2D eigenvalue weighted by atomic mass is 35.5. The van der Waals surface area contributed by atoms with Crippen molar-refractivity contribution in [2.45, 2.75) is 19.4 Å². The van der Waals surface area contributed by atoms with Crippen molar-refractivity contribution in [3.63, 3.8) is 0 Å². The van der Waals surface area contributed by atoms with Crippen molar-refractivity contribution in [1.82, 2.24) is 10.2 Å². The summed E-state index contributed by atoms with van der Waals surface area (Å²) in [4.78, 5) is 0. The van der Waals surface area contributed by atoms with E-state index in [9.17, 15) is 4.39 Å². The third kappa shape index (κ3) is 2.81. The first kappa shape index (κ1) is 12.0. The number of halogens is 2. The fraction of sp³-hybridized carbons (Fsp3) is 0.273. The van der Waals surface area contributed by atoms with Crippen LogP contribution in [0, 0.1) is 5.82 Å². The molecule has 0 spiro atoms. The molecule has 2 aromatic rings. The molecule has 1 heterocycles. The lowest BCUT2D eigenvalue weighted by molar-refractivity contribution is 0.449. The number of aromatic nitrogens is 2. The van der Waals surface area contributed by atoms with Gasteiger partial charge in [0.1, 0.15) is 5.82 Å². The first-order valence-electron chi connectivity index (χ1n) is 5.15. The van der Waals surface area contributed by atoms with Gasteiger partial charge in [0, 0.05) is 17.0 Å². The van der Waals surface area contributed by atoms with Crippen LogP contribution >= 0.6 is 11.6 Å². The molecule has 0 saturated heterocycles. The van der Waals surface area contributed by atoms with Crippen LogP contribution in [-0.4, -0.2) is 10.2 Å². The van der Waals surface area contributed by atoms with Crippen LogP contribution in [-0.2, 0) is 19.4 Å². The Morgan fingerprint density at radius 2 is 2.00 bits per heavy atom. The average molecular weight is 256 g/mol. The summed E-state index contributed by atoms with van der Waals surface area (Å²) >= 11 is 5.90. The van der Waals surface area contributed by atoms with E-state index in [0.29, 0.717) is 35.2 Å². The van der Waals surface area contributed by atoms with E-state index in [0.717, 1.165) is 0 Å². The predicted molar refractivity (Wildman–Crippen MR) is 61.0 cm³/mol. The van der Waals surface area contributed by atoms with Crippen LogP contribution in [0.25, 0.3) is 0 Å². The second kappa shape index (κ2) is 5.25. The molecule has 0 amide bonds. The van der Waals surface area contributed by atoms with Gasteiger partial charge in [-0.15, -0.1) is 10.2 Å². The molecule has 90 valence electrons. The molecule has 0 aliphatic carbocycles. The van der Waals surface area contributed by atoms with E-state index in [1.54, 1.807) is 12.1 Å². The lowest BCUT2D eigenvalue weighted by Crippen LogP contribution is -1.96. The number of nitrogens with two attached hydrogens (primary N) is 1. The Balaban J connectivity index is 2.07. The molecule has 0 aliphatic heterocycles. The highest BCUT2D eigenvalue weighted by Crippen LogP contribution is 2.20. The van der Waals surface area contributed by atoms with Gasteiger partial charge in [-0.25, -0.2) is 4.39 Å². The van der Waals surface area contributed by atoms with Crippen molar-refractivity contribution in [3.8, 4) is 0 Å². The molecule has 0 bridgehead atoms. The van der Waals surface area contributed by atoms with Crippen LogP contribution in [0.5, 0.6) is 0 Å². The Morgan fingerprint density at radius 1 is 1.24 bits per heavy atom. The number of benzene rings is 1. The molecule has 0 atom stereocenters. The van der Waals surface area contributed by atoms with E-state index in [1.165, 1.54) is 6.07 Å². The zero-order valence-electron chi connectivity index (χ0n) is 8.99. The summed E-state index contributed by atoms with van der Waals surface area (Å²) in [6.45, 7) is 0.202. The molecule has 0 aliphatic rings. The quantitative estimate of drug-likeness (QED) is 0.909. The van der Waals surface area contributed by atoms with Crippen molar-refractivity contribution in [2.24, 2.45) is 5.73 Å². The van der Waals surface area contributed by atoms with Crippen LogP contribution in [0.2, 0.25) is 5.02 Å². The highest BCUT2D eigenvalue weighted by molar-refractivity contribution is 6.31. The van der Waals surface area contributed by atoms with Gasteiger partial charge in [-0.05, 0) is 18.6 Å². The third-order valence-corrected chi connectivity index (χ3v) is 2.69. The molecule has 0 fully saturated rings. The summed E-state index contributed by atoms with van der Waals surface area (Å²) < 4.78 is 18.7. The topological polar surface area (TPSA) is 64.9 Å². The Morgan fingerprint density at radius 3 is 2.65 bits per heavy atom. The molecular weight excluding hydrogens is 245 g/mol. The lowest BCUT2D eigenvalue weighted by atomic mass is 10.1. The van der Waals surface area contributed by atoms with E-state index in [2.05, 4.69) is 10.2 Å². The van der Waals surface area contributed by atoms with Gasteiger partial charge in [0.05, 0.1) is 6.54 Å². The maximum absolute atomic E-state index is 13.5. The molecule has 4 nitrogen and oxygen atoms in total. The average Bonchev–Trinajstić information content (AvgIpc) is 2.76. The normalized spacial score (nSPS) is 10.8. The minimum Gasteiger partial charge on any atom is -0.424 e. The second-order valence-corrected chi connectivity index (χ2v) is 3.90. The molecule has 1 aromatic heterocycles. The fourth-order valence-electron chi connectivity index (χ4n) is 1.47. The highest BCUT2D eigenvalue weighted by Gasteiger charge is 2.10. The number of hydrogen-bond donors (Lipinski definition) is 1. The molecule has 1 aromatic carbocycles. The number of rotatable bonds is 4. The molecule has 0 saturated carbocycles. The van der Waals surface area contributed by atoms with E-state index in [1.807, 2.05) is 0 Å². The van der Waals surface area contributed by atoms with Crippen LogP contribution in [0.1, 0.15) is 17.3 Å². The van der Waals surface area contributed by atoms with Gasteiger partial charge in [-0.2, -0.15) is 0 Å². The van der Waals surface area contributed by atoms with Crippen molar-refractivity contribution in [3.05, 3.63) is 46.4 Å². The van der Waals surface area contributed by atoms with Crippen molar-refractivity contribution < 1.29 is 8.81 Å². The number of hydrogen-bond acceptors (Lipinski definition) is 4. The van der Waals surface area contributed by atoms with Gasteiger partial charge < -0.3 is 10.2 Å². The van der Waals surface area contributed by atoms with Crippen molar-refractivity contribution >= 4 is 11.6 Å². The van der Waals surface area contributed by atoms with Gasteiger partial charge in [0.2, 0.25) is 11.8 Å². The van der Waals surface area contributed by atoms with Crippen molar-refractivity contribution in [1.29, 1.82) is 0 Å².